The summed E-state index contributed by atoms with van der Waals surface area (Å²) in [7, 11) is 1.48. The molecule has 0 radical (unpaired) electrons. The van der Waals surface area contributed by atoms with E-state index in [2.05, 4.69) is 36.9 Å². The number of nitrogens with zero attached hydrogens (tertiary/aromatic N) is 1. The molecule has 0 aliphatic carbocycles. The molecular formula is C16H23NO2. The number of carbonyl (C=O) groups is 1. The second-order valence-corrected chi connectivity index (χ2v) is 5.38. The number of carbonyl (C=O) groups excluding carboxylic acids is 1. The molecule has 1 unspecified atom stereocenters. The number of esters is 1. The van der Waals surface area contributed by atoms with Crippen LogP contribution in [0.5, 0.6) is 0 Å². The fraction of sp³-hybridized carbons (Fsp3) is 0.562. The van der Waals surface area contributed by atoms with Gasteiger partial charge in [0, 0.05) is 6.54 Å². The number of rotatable bonds is 3. The molecule has 2 rings (SSSR count). The van der Waals surface area contributed by atoms with Gasteiger partial charge in [-0.2, -0.15) is 0 Å². The summed E-state index contributed by atoms with van der Waals surface area (Å²) in [5.74, 6) is -0.0917. The standard InChI is InChI=1S/C16H23NO2/c1-12-7-6-8-13(2)14(12)11-17-10-5-4-9-15(17)16(18)19-3/h6-8,15H,4-5,9-11H2,1-3H3. The summed E-state index contributed by atoms with van der Waals surface area (Å²) in [6.07, 6.45) is 3.19. The highest BCUT2D eigenvalue weighted by Crippen LogP contribution is 2.23. The van der Waals surface area contributed by atoms with Crippen LogP contribution in [0.4, 0.5) is 0 Å². The van der Waals surface area contributed by atoms with Gasteiger partial charge in [-0.1, -0.05) is 24.6 Å². The van der Waals surface area contributed by atoms with Crippen molar-refractivity contribution in [2.24, 2.45) is 0 Å². The average molecular weight is 261 g/mol. The molecule has 3 nitrogen and oxygen atoms in total. The van der Waals surface area contributed by atoms with Crippen molar-refractivity contribution in [3.63, 3.8) is 0 Å². The van der Waals surface area contributed by atoms with Crippen LogP contribution in [-0.4, -0.2) is 30.6 Å². The zero-order chi connectivity index (χ0) is 13.8. The van der Waals surface area contributed by atoms with E-state index in [9.17, 15) is 4.79 Å². The maximum atomic E-state index is 11.9. The topological polar surface area (TPSA) is 29.5 Å². The molecule has 0 N–H and O–H groups in total. The van der Waals surface area contributed by atoms with Gasteiger partial charge >= 0.3 is 5.97 Å². The van der Waals surface area contributed by atoms with Crippen molar-refractivity contribution >= 4 is 5.97 Å². The highest BCUT2D eigenvalue weighted by molar-refractivity contribution is 5.75. The molecule has 1 aliphatic rings. The monoisotopic (exact) mass is 261 g/mol. The summed E-state index contributed by atoms with van der Waals surface area (Å²) in [5, 5.41) is 0. The van der Waals surface area contributed by atoms with Crippen molar-refractivity contribution in [3.8, 4) is 0 Å². The molecule has 1 heterocycles. The summed E-state index contributed by atoms with van der Waals surface area (Å²) in [4.78, 5) is 14.1. The summed E-state index contributed by atoms with van der Waals surface area (Å²) < 4.78 is 4.94. The van der Waals surface area contributed by atoms with Crippen molar-refractivity contribution < 1.29 is 9.53 Å². The van der Waals surface area contributed by atoms with E-state index in [1.165, 1.54) is 30.2 Å². The Morgan fingerprint density at radius 1 is 1.32 bits per heavy atom. The molecular weight excluding hydrogens is 238 g/mol. The Bertz CT molecular complexity index is 436. The first-order chi connectivity index (χ1) is 9.13. The lowest BCUT2D eigenvalue weighted by Crippen LogP contribution is -2.44. The Labute approximate surface area is 115 Å². The van der Waals surface area contributed by atoms with Crippen LogP contribution in [0, 0.1) is 13.8 Å². The highest BCUT2D eigenvalue weighted by Gasteiger charge is 2.29. The molecule has 104 valence electrons. The van der Waals surface area contributed by atoms with Crippen LogP contribution in [0.2, 0.25) is 0 Å². The van der Waals surface area contributed by atoms with Crippen LogP contribution >= 0.6 is 0 Å². The number of piperidine rings is 1. The Morgan fingerprint density at radius 2 is 2.00 bits per heavy atom. The molecule has 3 heteroatoms. The Hall–Kier alpha value is -1.35. The number of likely N-dealkylation sites (tertiary alicyclic amines) is 1. The molecule has 1 saturated heterocycles. The lowest BCUT2D eigenvalue weighted by Gasteiger charge is -2.34. The van der Waals surface area contributed by atoms with E-state index in [4.69, 9.17) is 4.74 Å². The summed E-state index contributed by atoms with van der Waals surface area (Å²) >= 11 is 0. The number of ether oxygens (including phenoxy) is 1. The fourth-order valence-corrected chi connectivity index (χ4v) is 2.88. The third-order valence-corrected chi connectivity index (χ3v) is 4.09. The molecule has 1 aromatic carbocycles. The summed E-state index contributed by atoms with van der Waals surface area (Å²) in [6, 6.07) is 6.29. The van der Waals surface area contributed by atoms with E-state index in [0.717, 1.165) is 25.9 Å². The Morgan fingerprint density at radius 3 is 2.63 bits per heavy atom. The van der Waals surface area contributed by atoms with Gasteiger partial charge in [0.2, 0.25) is 0 Å². The molecule has 0 amide bonds. The van der Waals surface area contributed by atoms with Gasteiger partial charge in [-0.05, 0) is 49.9 Å². The molecule has 19 heavy (non-hydrogen) atoms. The van der Waals surface area contributed by atoms with E-state index in [1.807, 2.05) is 0 Å². The van der Waals surface area contributed by atoms with Crippen molar-refractivity contribution in [1.82, 2.24) is 4.90 Å². The van der Waals surface area contributed by atoms with Gasteiger partial charge in [0.1, 0.15) is 6.04 Å². The van der Waals surface area contributed by atoms with Gasteiger partial charge in [0.25, 0.3) is 0 Å². The van der Waals surface area contributed by atoms with Crippen molar-refractivity contribution in [1.29, 1.82) is 0 Å². The maximum Gasteiger partial charge on any atom is 0.323 e. The summed E-state index contributed by atoms with van der Waals surface area (Å²) in [6.45, 7) is 6.10. The first-order valence-corrected chi connectivity index (χ1v) is 7.00. The van der Waals surface area contributed by atoms with E-state index in [0.29, 0.717) is 0 Å². The van der Waals surface area contributed by atoms with Crippen LogP contribution in [0.25, 0.3) is 0 Å². The van der Waals surface area contributed by atoms with Crippen LogP contribution in [-0.2, 0) is 16.1 Å². The quantitative estimate of drug-likeness (QED) is 0.784. The second kappa shape index (κ2) is 6.20. The molecule has 1 aromatic rings. The van der Waals surface area contributed by atoms with E-state index in [-0.39, 0.29) is 12.0 Å². The van der Waals surface area contributed by atoms with Gasteiger partial charge in [0.05, 0.1) is 7.11 Å². The molecule has 1 atom stereocenters. The minimum Gasteiger partial charge on any atom is -0.468 e. The fourth-order valence-electron chi connectivity index (χ4n) is 2.88. The number of benzene rings is 1. The average Bonchev–Trinajstić information content (AvgIpc) is 2.42. The van der Waals surface area contributed by atoms with Crippen LogP contribution in [0.1, 0.15) is 36.0 Å². The van der Waals surface area contributed by atoms with E-state index >= 15 is 0 Å². The Balaban J connectivity index is 2.18. The van der Waals surface area contributed by atoms with Crippen molar-refractivity contribution in [3.05, 3.63) is 34.9 Å². The van der Waals surface area contributed by atoms with E-state index < -0.39 is 0 Å². The molecule has 0 aromatic heterocycles. The molecule has 0 bridgehead atoms. The van der Waals surface area contributed by atoms with Crippen LogP contribution < -0.4 is 0 Å². The zero-order valence-corrected chi connectivity index (χ0v) is 12.1. The second-order valence-electron chi connectivity index (χ2n) is 5.38. The van der Waals surface area contributed by atoms with Gasteiger partial charge < -0.3 is 4.74 Å². The number of methoxy groups -OCH3 is 1. The highest BCUT2D eigenvalue weighted by atomic mass is 16.5. The van der Waals surface area contributed by atoms with Gasteiger partial charge in [0.15, 0.2) is 0 Å². The number of hydrogen-bond acceptors (Lipinski definition) is 3. The minimum absolute atomic E-state index is 0.0715. The van der Waals surface area contributed by atoms with Gasteiger partial charge in [-0.3, -0.25) is 9.69 Å². The predicted octanol–water partition coefficient (Wildman–Crippen LogP) is 2.83. The summed E-state index contributed by atoms with van der Waals surface area (Å²) in [5.41, 5.74) is 3.95. The SMILES string of the molecule is COC(=O)C1CCCCN1Cc1c(C)cccc1C. The smallest absolute Gasteiger partial charge is 0.323 e. The first-order valence-electron chi connectivity index (χ1n) is 7.00. The number of hydrogen-bond donors (Lipinski definition) is 0. The van der Waals surface area contributed by atoms with Gasteiger partial charge in [-0.15, -0.1) is 0 Å². The number of aryl methyl sites for hydroxylation is 2. The molecule has 1 aliphatic heterocycles. The van der Waals surface area contributed by atoms with E-state index in [1.54, 1.807) is 0 Å². The largest absolute Gasteiger partial charge is 0.468 e. The molecule has 0 spiro atoms. The van der Waals surface area contributed by atoms with Crippen molar-refractivity contribution in [2.45, 2.75) is 45.7 Å². The lowest BCUT2D eigenvalue weighted by molar-refractivity contribution is -0.148. The normalized spacial score (nSPS) is 20.3. The lowest BCUT2D eigenvalue weighted by atomic mass is 9.98. The Kier molecular flexibility index (Phi) is 4.59. The third kappa shape index (κ3) is 3.16. The minimum atomic E-state index is -0.0917. The zero-order valence-electron chi connectivity index (χ0n) is 12.1. The first kappa shape index (κ1) is 14.1. The van der Waals surface area contributed by atoms with Crippen LogP contribution in [0.3, 0.4) is 0 Å². The molecule has 0 saturated carbocycles. The van der Waals surface area contributed by atoms with Crippen LogP contribution in [0.15, 0.2) is 18.2 Å². The predicted molar refractivity (Wildman–Crippen MR) is 76.0 cm³/mol. The maximum absolute atomic E-state index is 11.9. The van der Waals surface area contributed by atoms with Gasteiger partial charge in [-0.25, -0.2) is 0 Å². The van der Waals surface area contributed by atoms with Crippen molar-refractivity contribution in [2.75, 3.05) is 13.7 Å². The molecule has 1 fully saturated rings. The third-order valence-electron chi connectivity index (χ3n) is 4.09.